The molecule has 0 aliphatic carbocycles. The molecule has 1 N–H and O–H groups in total. The van der Waals surface area contributed by atoms with Crippen molar-refractivity contribution >= 4 is 14.4 Å². The predicted octanol–water partition coefficient (Wildman–Crippen LogP) is 2.56. The summed E-state index contributed by atoms with van der Waals surface area (Å²) in [4.78, 5) is 11.6. The molecule has 0 fully saturated rings. The van der Waals surface area contributed by atoms with E-state index in [-0.39, 0.29) is 18.0 Å². The van der Waals surface area contributed by atoms with Gasteiger partial charge in [-0.2, -0.15) is 5.32 Å². The van der Waals surface area contributed by atoms with Crippen LogP contribution in [0.2, 0.25) is 0 Å². The minimum atomic E-state index is -1.88. The van der Waals surface area contributed by atoms with E-state index in [2.05, 4.69) is 10.1 Å². The third kappa shape index (κ3) is 5.32. The van der Waals surface area contributed by atoms with Crippen molar-refractivity contribution in [1.29, 1.82) is 0 Å². The lowest BCUT2D eigenvalue weighted by molar-refractivity contribution is -0.142. The summed E-state index contributed by atoms with van der Waals surface area (Å²) in [5, 5.41) is 2.70. The number of nitrogens with one attached hydrogen (secondary N) is 1. The quantitative estimate of drug-likeness (QED) is 0.373. The highest BCUT2D eigenvalue weighted by atomic mass is 31.1. The number of hydrogen-bond acceptors (Lipinski definition) is 8. The van der Waals surface area contributed by atoms with E-state index >= 15 is 0 Å². The van der Waals surface area contributed by atoms with Crippen molar-refractivity contribution in [3.63, 3.8) is 0 Å². The topological polar surface area (TPSA) is 92.3 Å². The van der Waals surface area contributed by atoms with Crippen molar-refractivity contribution in [3.05, 3.63) is 48.5 Å². The Balaban J connectivity index is 2.39. The lowest BCUT2D eigenvalue weighted by Crippen LogP contribution is -2.52. The molecule has 0 heterocycles. The fraction of sp³-hybridized carbons (Fsp3) is 0.278. The van der Waals surface area contributed by atoms with Gasteiger partial charge in [0.25, 0.3) is 0 Å². The van der Waals surface area contributed by atoms with Gasteiger partial charge in [-0.1, -0.05) is 28.8 Å². The number of carbonyl (C=O) groups is 1. The zero-order valence-corrected chi connectivity index (χ0v) is 16.2. The largest absolute Gasteiger partial charge is 0.523 e. The maximum Gasteiger partial charge on any atom is 0.523 e. The Labute approximate surface area is 158 Å². The average molecular weight is 394 g/mol. The van der Waals surface area contributed by atoms with Gasteiger partial charge in [-0.3, -0.25) is 4.79 Å². The highest BCUT2D eigenvalue weighted by Crippen LogP contribution is 2.37. The van der Waals surface area contributed by atoms with Crippen molar-refractivity contribution in [3.8, 4) is 23.0 Å². The van der Waals surface area contributed by atoms with Gasteiger partial charge in [-0.05, 0) is 24.3 Å². The second kappa shape index (κ2) is 9.75. The Morgan fingerprint density at radius 3 is 1.70 bits per heavy atom. The highest BCUT2D eigenvalue weighted by Gasteiger charge is 2.47. The summed E-state index contributed by atoms with van der Waals surface area (Å²) >= 11 is 0. The molecule has 2 aromatic rings. The minimum absolute atomic E-state index is 0.274. The number of hydrogen-bond donors (Lipinski definition) is 1. The van der Waals surface area contributed by atoms with Gasteiger partial charge in [0.1, 0.15) is 6.54 Å². The number of benzene rings is 2. The Morgan fingerprint density at radius 2 is 1.33 bits per heavy atom. The summed E-state index contributed by atoms with van der Waals surface area (Å²) < 4.78 is 39.0. The van der Waals surface area contributed by atoms with Gasteiger partial charge in [-0.15, -0.1) is 0 Å². The Hall–Kier alpha value is -2.83. The average Bonchev–Trinajstić information content (AvgIpc) is 2.72. The van der Waals surface area contributed by atoms with Gasteiger partial charge < -0.3 is 23.7 Å². The van der Waals surface area contributed by atoms with E-state index < -0.39 is 20.1 Å². The highest BCUT2D eigenvalue weighted by molar-refractivity contribution is 7.25. The molecule has 144 valence electrons. The van der Waals surface area contributed by atoms with Crippen molar-refractivity contribution in [1.82, 2.24) is 5.32 Å². The number of para-hydroxylation sites is 4. The first-order valence-corrected chi connectivity index (χ1v) is 8.83. The first kappa shape index (κ1) is 20.5. The van der Waals surface area contributed by atoms with Crippen molar-refractivity contribution in [2.45, 2.75) is 5.65 Å². The first-order chi connectivity index (χ1) is 13.1. The molecule has 2 rings (SSSR count). The van der Waals surface area contributed by atoms with Gasteiger partial charge >= 0.3 is 20.1 Å². The van der Waals surface area contributed by atoms with E-state index in [1.165, 1.54) is 21.3 Å². The van der Waals surface area contributed by atoms with Crippen LogP contribution in [0, 0.1) is 0 Å². The summed E-state index contributed by atoms with van der Waals surface area (Å²) in [7, 11) is 3.04. The van der Waals surface area contributed by atoms with Crippen LogP contribution in [0.15, 0.2) is 48.5 Å². The van der Waals surface area contributed by atoms with Crippen LogP contribution in [0.3, 0.4) is 0 Å². The monoisotopic (exact) mass is 394 g/mol. The van der Waals surface area contributed by atoms with Crippen LogP contribution in [0.4, 0.5) is 0 Å². The third-order valence-corrected chi connectivity index (χ3v) is 4.12. The van der Waals surface area contributed by atoms with Gasteiger partial charge in [0, 0.05) is 0 Å². The molecule has 1 unspecified atom stereocenters. The van der Waals surface area contributed by atoms with Crippen LogP contribution in [-0.4, -0.2) is 39.5 Å². The molecule has 0 amide bonds. The second-order valence-electron chi connectivity index (χ2n) is 5.15. The fourth-order valence-corrected chi connectivity index (χ4v) is 2.61. The third-order valence-electron chi connectivity index (χ3n) is 3.47. The summed E-state index contributed by atoms with van der Waals surface area (Å²) in [5.41, 5.74) is -1.88. The number of methoxy groups -OCH3 is 3. The molecule has 0 saturated heterocycles. The fourth-order valence-electron chi connectivity index (χ4n) is 2.15. The van der Waals surface area contributed by atoms with Crippen molar-refractivity contribution in [2.75, 3.05) is 27.9 Å². The van der Waals surface area contributed by atoms with E-state index in [4.69, 9.17) is 18.9 Å². The van der Waals surface area contributed by atoms with Crippen molar-refractivity contribution < 1.29 is 33.0 Å². The smallest absolute Gasteiger partial charge is 0.493 e. The van der Waals surface area contributed by atoms with E-state index in [1.54, 1.807) is 48.5 Å². The lowest BCUT2D eigenvalue weighted by atomic mass is 10.3. The molecule has 9 heteroatoms. The zero-order valence-electron chi connectivity index (χ0n) is 15.2. The normalized spacial score (nSPS) is 10.9. The lowest BCUT2D eigenvalue weighted by Gasteiger charge is -2.24. The van der Waals surface area contributed by atoms with Crippen molar-refractivity contribution in [2.24, 2.45) is 0 Å². The van der Waals surface area contributed by atoms with E-state index in [9.17, 15) is 9.36 Å². The Bertz CT molecular complexity index is 734. The SMILES string of the molecule is COC(=O)CNC(Oc1ccccc1OC)(Oc1ccccc1OC)[PH+]=O. The van der Waals surface area contributed by atoms with Crippen LogP contribution in [0.1, 0.15) is 0 Å². The maximum absolute atomic E-state index is 12.1. The molecular formula is C18H21NO7P+. The van der Waals surface area contributed by atoms with Crippen LogP contribution in [-0.2, 0) is 14.1 Å². The summed E-state index contributed by atoms with van der Waals surface area (Å²) in [6.45, 7) is -0.296. The molecule has 2 aromatic carbocycles. The van der Waals surface area contributed by atoms with Crippen LogP contribution in [0.5, 0.6) is 23.0 Å². The molecule has 27 heavy (non-hydrogen) atoms. The van der Waals surface area contributed by atoms with Gasteiger partial charge in [0.2, 0.25) is 0 Å². The maximum atomic E-state index is 12.1. The molecule has 8 nitrogen and oxygen atoms in total. The van der Waals surface area contributed by atoms with E-state index in [1.807, 2.05) is 0 Å². The van der Waals surface area contributed by atoms with E-state index in [0.717, 1.165) is 0 Å². The molecule has 0 aromatic heterocycles. The summed E-state index contributed by atoms with van der Waals surface area (Å²) in [6, 6.07) is 13.6. The standard InChI is InChI=1S/C18H20NO7P/c1-22-13-8-4-6-10-15(13)25-18(27-21,19-12-17(20)24-3)26-16-11-7-5-9-14(16)23-2/h4-11,19H,12H2,1-3H3/p+1. The molecular weight excluding hydrogens is 373 g/mol. The van der Waals surface area contributed by atoms with Crippen LogP contribution in [0.25, 0.3) is 0 Å². The minimum Gasteiger partial charge on any atom is -0.493 e. The predicted molar refractivity (Wildman–Crippen MR) is 99.0 cm³/mol. The van der Waals surface area contributed by atoms with Gasteiger partial charge in [-0.25, -0.2) is 0 Å². The van der Waals surface area contributed by atoms with Crippen LogP contribution >= 0.6 is 8.46 Å². The molecule has 0 saturated carbocycles. The molecule has 0 spiro atoms. The first-order valence-electron chi connectivity index (χ1n) is 7.92. The van der Waals surface area contributed by atoms with Gasteiger partial charge in [0.15, 0.2) is 23.0 Å². The molecule has 0 aliphatic rings. The Morgan fingerprint density at radius 1 is 0.889 bits per heavy atom. The Kier molecular flexibility index (Phi) is 7.40. The molecule has 0 bridgehead atoms. The number of carbonyl (C=O) groups excluding carboxylic acids is 1. The van der Waals surface area contributed by atoms with Gasteiger partial charge in [0.05, 0.1) is 21.3 Å². The summed E-state index contributed by atoms with van der Waals surface area (Å²) in [5.74, 6) is 0.781. The second-order valence-corrected chi connectivity index (χ2v) is 6.02. The number of esters is 1. The zero-order chi connectivity index (χ0) is 19.7. The molecule has 0 aliphatic heterocycles. The van der Waals surface area contributed by atoms with E-state index in [0.29, 0.717) is 11.5 Å². The summed E-state index contributed by atoms with van der Waals surface area (Å²) in [6.07, 6.45) is 0. The van der Waals surface area contributed by atoms with Crippen LogP contribution < -0.4 is 24.3 Å². The molecule has 1 atom stereocenters. The number of rotatable bonds is 10. The molecule has 0 radical (unpaired) electrons. The number of ether oxygens (including phenoxy) is 5.